The van der Waals surface area contributed by atoms with Gasteiger partial charge in [-0.2, -0.15) is 10.4 Å². The molecule has 6 rings (SSSR count). The van der Waals surface area contributed by atoms with Crippen LogP contribution >= 0.6 is 0 Å². The fourth-order valence-electron chi connectivity index (χ4n) is 6.15. The Morgan fingerprint density at radius 2 is 1.90 bits per heavy atom. The zero-order valence-electron chi connectivity index (χ0n) is 22.6. The van der Waals surface area contributed by atoms with Gasteiger partial charge in [0, 0.05) is 64.6 Å². The van der Waals surface area contributed by atoms with Crippen LogP contribution in [0, 0.1) is 17.1 Å². The first kappa shape index (κ1) is 26.0. The zero-order valence-corrected chi connectivity index (χ0v) is 22.6. The molecule has 206 valence electrons. The average Bonchev–Trinajstić information content (AvgIpc) is 3.35. The van der Waals surface area contributed by atoms with Crippen LogP contribution in [-0.4, -0.2) is 92.2 Å². The summed E-state index contributed by atoms with van der Waals surface area (Å²) in [6.07, 6.45) is 1.19. The van der Waals surface area contributed by atoms with Gasteiger partial charge in [-0.15, -0.1) is 0 Å². The number of hydrogen-bond donors (Lipinski definition) is 1. The van der Waals surface area contributed by atoms with E-state index in [2.05, 4.69) is 69.3 Å². The second-order valence-corrected chi connectivity index (χ2v) is 11.0. The van der Waals surface area contributed by atoms with E-state index in [1.54, 1.807) is 6.07 Å². The lowest BCUT2D eigenvalue weighted by molar-refractivity contribution is -0.0572. The molecule has 3 aliphatic heterocycles. The number of halogens is 1. The van der Waals surface area contributed by atoms with Crippen LogP contribution in [0.4, 0.5) is 15.8 Å². The smallest absolute Gasteiger partial charge is 0.171 e. The number of ether oxygens (including phenoxy) is 2. The third-order valence-electron chi connectivity index (χ3n) is 8.21. The summed E-state index contributed by atoms with van der Waals surface area (Å²) in [6.45, 7) is 12.7. The maximum absolute atomic E-state index is 14.7. The SMILES string of the molecule is C[C@@H]1CN(c2ccc(C#N)n3ncc(F)c23)C[C@H](CN2CCN(c3ccc(C4(C)CNCCO4)cc3)CC2)O1. The first-order chi connectivity index (χ1) is 18.9. The monoisotopic (exact) mass is 533 g/mol. The van der Waals surface area contributed by atoms with Gasteiger partial charge < -0.3 is 24.6 Å². The molecule has 0 spiro atoms. The Kier molecular flexibility index (Phi) is 7.16. The van der Waals surface area contributed by atoms with E-state index in [0.29, 0.717) is 24.3 Å². The molecule has 9 nitrogen and oxygen atoms in total. The van der Waals surface area contributed by atoms with Crippen LogP contribution in [0.15, 0.2) is 42.6 Å². The first-order valence-corrected chi connectivity index (χ1v) is 13.8. The third kappa shape index (κ3) is 5.20. The molecule has 0 aliphatic carbocycles. The van der Waals surface area contributed by atoms with Crippen molar-refractivity contribution < 1.29 is 13.9 Å². The highest BCUT2D eigenvalue weighted by molar-refractivity contribution is 5.74. The molecule has 3 saturated heterocycles. The minimum absolute atomic E-state index is 0.00565. The molecule has 39 heavy (non-hydrogen) atoms. The molecule has 1 N–H and O–H groups in total. The molecular formula is C29H36FN7O2. The molecule has 3 fully saturated rings. The Hall–Kier alpha value is -3.23. The van der Waals surface area contributed by atoms with Crippen molar-refractivity contribution in [3.05, 3.63) is 59.7 Å². The molecular weight excluding hydrogens is 497 g/mol. The topological polar surface area (TPSA) is 81.3 Å². The number of anilines is 2. The maximum Gasteiger partial charge on any atom is 0.171 e. The predicted octanol–water partition coefficient (Wildman–Crippen LogP) is 2.60. The molecule has 3 aliphatic rings. The second kappa shape index (κ2) is 10.7. The van der Waals surface area contributed by atoms with Gasteiger partial charge in [0.2, 0.25) is 0 Å². The third-order valence-corrected chi connectivity index (χ3v) is 8.21. The van der Waals surface area contributed by atoms with E-state index < -0.39 is 5.82 Å². The van der Waals surface area contributed by atoms with Gasteiger partial charge in [0.25, 0.3) is 0 Å². The van der Waals surface area contributed by atoms with Crippen molar-refractivity contribution in [3.63, 3.8) is 0 Å². The average molecular weight is 534 g/mol. The lowest BCUT2D eigenvalue weighted by Gasteiger charge is -2.42. The summed E-state index contributed by atoms with van der Waals surface area (Å²) in [5.41, 5.74) is 3.60. The molecule has 0 amide bonds. The summed E-state index contributed by atoms with van der Waals surface area (Å²) in [6, 6.07) is 14.4. The number of morpholine rings is 2. The molecule has 3 atom stereocenters. The quantitative estimate of drug-likeness (QED) is 0.536. The summed E-state index contributed by atoms with van der Waals surface area (Å²) >= 11 is 0. The largest absolute Gasteiger partial charge is 0.370 e. The van der Waals surface area contributed by atoms with E-state index in [4.69, 9.17) is 9.47 Å². The van der Waals surface area contributed by atoms with E-state index in [1.807, 2.05) is 6.07 Å². The van der Waals surface area contributed by atoms with Crippen LogP contribution in [0.2, 0.25) is 0 Å². The van der Waals surface area contributed by atoms with Gasteiger partial charge in [-0.25, -0.2) is 8.91 Å². The highest BCUT2D eigenvalue weighted by Crippen LogP contribution is 2.30. The first-order valence-electron chi connectivity index (χ1n) is 13.8. The molecule has 10 heteroatoms. The van der Waals surface area contributed by atoms with Crippen molar-refractivity contribution in [1.82, 2.24) is 19.8 Å². The minimum Gasteiger partial charge on any atom is -0.370 e. The molecule has 0 saturated carbocycles. The summed E-state index contributed by atoms with van der Waals surface area (Å²) in [7, 11) is 0. The normalized spacial score (nSPS) is 26.6. The number of nitrogens with zero attached hydrogens (tertiary/aromatic N) is 6. The summed E-state index contributed by atoms with van der Waals surface area (Å²) in [4.78, 5) is 7.07. The van der Waals surface area contributed by atoms with E-state index in [9.17, 15) is 9.65 Å². The number of rotatable bonds is 5. The Labute approximate surface area is 228 Å². The van der Waals surface area contributed by atoms with Crippen LogP contribution in [0.3, 0.4) is 0 Å². The van der Waals surface area contributed by atoms with E-state index in [0.717, 1.165) is 58.1 Å². The number of benzene rings is 1. The predicted molar refractivity (Wildman–Crippen MR) is 148 cm³/mol. The Morgan fingerprint density at radius 1 is 1.10 bits per heavy atom. The van der Waals surface area contributed by atoms with Gasteiger partial charge in [0.1, 0.15) is 22.9 Å². The number of aromatic nitrogens is 2. The number of nitrogens with one attached hydrogen (secondary N) is 1. The van der Waals surface area contributed by atoms with Gasteiger partial charge in [-0.3, -0.25) is 4.90 Å². The standard InChI is InChI=1S/C29H36FN7O2/c1-21-17-36(27-8-7-24(15-31)37-28(27)26(30)16-33-37)19-25(39-21)18-34-10-12-35(13-11-34)23-5-3-22(4-6-23)29(2)20-32-9-14-38-29/h3-8,16,21,25,32H,9-14,17-20H2,1-2H3/t21-,25+,29?/m1/s1. The molecule has 3 aromatic rings. The highest BCUT2D eigenvalue weighted by atomic mass is 19.1. The van der Waals surface area contributed by atoms with Gasteiger partial charge in [0.15, 0.2) is 5.82 Å². The van der Waals surface area contributed by atoms with Crippen molar-refractivity contribution in [2.24, 2.45) is 0 Å². The number of piperazine rings is 1. The molecule has 1 aromatic carbocycles. The van der Waals surface area contributed by atoms with Crippen LogP contribution in [0.25, 0.3) is 5.52 Å². The van der Waals surface area contributed by atoms with E-state index >= 15 is 0 Å². The van der Waals surface area contributed by atoms with E-state index in [1.165, 1.54) is 22.0 Å². The zero-order chi connectivity index (χ0) is 27.0. The Balaban J connectivity index is 1.07. The van der Waals surface area contributed by atoms with Crippen LogP contribution < -0.4 is 15.1 Å². The fourth-order valence-corrected chi connectivity index (χ4v) is 6.15. The minimum atomic E-state index is -0.418. The highest BCUT2D eigenvalue weighted by Gasteiger charge is 2.32. The van der Waals surface area contributed by atoms with Crippen molar-refractivity contribution >= 4 is 16.9 Å². The molecule has 1 unspecified atom stereocenters. The van der Waals surface area contributed by atoms with E-state index in [-0.39, 0.29) is 17.8 Å². The molecule has 0 bridgehead atoms. The number of pyridine rings is 1. The van der Waals surface area contributed by atoms with Crippen molar-refractivity contribution in [2.75, 3.05) is 75.3 Å². The second-order valence-electron chi connectivity index (χ2n) is 11.0. The fraction of sp³-hybridized carbons (Fsp3) is 0.517. The molecule has 5 heterocycles. The number of hydrogen-bond acceptors (Lipinski definition) is 8. The summed E-state index contributed by atoms with van der Waals surface area (Å²) < 4.78 is 28.5. The van der Waals surface area contributed by atoms with Crippen molar-refractivity contribution in [2.45, 2.75) is 31.7 Å². The Bertz CT molecular complexity index is 1340. The molecule has 0 radical (unpaired) electrons. The number of nitriles is 1. The summed E-state index contributed by atoms with van der Waals surface area (Å²) in [5.74, 6) is -0.418. The summed E-state index contributed by atoms with van der Waals surface area (Å²) in [5, 5.41) is 16.9. The van der Waals surface area contributed by atoms with Crippen LogP contribution in [0.1, 0.15) is 25.1 Å². The van der Waals surface area contributed by atoms with Gasteiger partial charge in [-0.1, -0.05) is 12.1 Å². The van der Waals surface area contributed by atoms with Crippen LogP contribution in [-0.2, 0) is 15.1 Å². The number of fused-ring (bicyclic) bond motifs is 1. The lowest BCUT2D eigenvalue weighted by atomic mass is 9.94. The molecule has 2 aromatic heterocycles. The van der Waals surface area contributed by atoms with Crippen molar-refractivity contribution in [3.8, 4) is 6.07 Å². The maximum atomic E-state index is 14.7. The van der Waals surface area contributed by atoms with Gasteiger partial charge >= 0.3 is 0 Å². The van der Waals surface area contributed by atoms with Crippen LogP contribution in [0.5, 0.6) is 0 Å². The van der Waals surface area contributed by atoms with Crippen molar-refractivity contribution in [1.29, 1.82) is 5.26 Å². The Morgan fingerprint density at radius 3 is 2.62 bits per heavy atom. The van der Waals surface area contributed by atoms with Gasteiger partial charge in [-0.05, 0) is 43.7 Å². The van der Waals surface area contributed by atoms with Gasteiger partial charge in [0.05, 0.1) is 30.7 Å². The lowest BCUT2D eigenvalue weighted by Crippen LogP contribution is -2.54.